The van der Waals surface area contributed by atoms with Crippen LogP contribution in [0.4, 0.5) is 0 Å². The molecule has 1 saturated heterocycles. The van der Waals surface area contributed by atoms with Crippen molar-refractivity contribution in [3.8, 4) is 0 Å². The first kappa shape index (κ1) is 18.2. The molecular weight excluding hydrogens is 385 g/mol. The number of thioether (sulfide) groups is 1. The Kier molecular flexibility index (Phi) is 5.46. The highest BCUT2D eigenvalue weighted by Crippen LogP contribution is 2.30. The number of hydrogen-bond donors (Lipinski definition) is 1. The summed E-state index contributed by atoms with van der Waals surface area (Å²) in [6, 6.07) is 11.0. The summed E-state index contributed by atoms with van der Waals surface area (Å²) in [5, 5.41) is 2.30. The first-order valence-electron chi connectivity index (χ1n) is 8.83. The lowest BCUT2D eigenvalue weighted by Crippen LogP contribution is -2.30. The Hall–Kier alpha value is -1.20. The fourth-order valence-corrected chi connectivity index (χ4v) is 4.66. The predicted octanol–water partition coefficient (Wildman–Crippen LogP) is 5.80. The van der Waals surface area contributed by atoms with Gasteiger partial charge in [-0.1, -0.05) is 29.3 Å². The largest absolute Gasteiger partial charge is 0.361 e. The van der Waals surface area contributed by atoms with Gasteiger partial charge in [0, 0.05) is 40.1 Å². The van der Waals surface area contributed by atoms with Gasteiger partial charge in [0.2, 0.25) is 0 Å². The van der Waals surface area contributed by atoms with Crippen LogP contribution < -0.4 is 0 Å². The molecule has 0 unspecified atom stereocenters. The average molecular weight is 406 g/mol. The number of rotatable bonds is 5. The Morgan fingerprint density at radius 1 is 1.23 bits per heavy atom. The van der Waals surface area contributed by atoms with Crippen LogP contribution in [-0.2, 0) is 13.0 Å². The third-order valence-electron chi connectivity index (χ3n) is 5.19. The van der Waals surface area contributed by atoms with E-state index in [9.17, 15) is 0 Å². The maximum Gasteiger partial charge on any atom is 0.135 e. The number of likely N-dealkylation sites (tertiary alicyclic amines) is 1. The van der Waals surface area contributed by atoms with Crippen molar-refractivity contribution in [1.29, 1.82) is 0 Å². The summed E-state index contributed by atoms with van der Waals surface area (Å²) in [6.07, 6.45) is 7.78. The molecule has 0 bridgehead atoms. The second-order valence-corrected chi connectivity index (χ2v) is 8.40. The number of fused-ring (bicyclic) bond motifs is 1. The van der Waals surface area contributed by atoms with Gasteiger partial charge in [0.05, 0.1) is 0 Å². The van der Waals surface area contributed by atoms with E-state index in [-0.39, 0.29) is 0 Å². The molecule has 136 valence electrons. The molecule has 1 fully saturated rings. The molecule has 0 amide bonds. The van der Waals surface area contributed by atoms with Crippen LogP contribution in [0.25, 0.3) is 10.9 Å². The highest BCUT2D eigenvalue weighted by molar-refractivity contribution is 7.98. The Bertz CT molecular complexity index is 925. The lowest BCUT2D eigenvalue weighted by Gasteiger charge is -2.24. The lowest BCUT2D eigenvalue weighted by atomic mass is 10.0. The van der Waals surface area contributed by atoms with E-state index in [1.54, 1.807) is 11.8 Å². The number of nitrogens with zero attached hydrogens (tertiary/aromatic N) is 2. The fraction of sp³-hybridized carbons (Fsp3) is 0.350. The van der Waals surface area contributed by atoms with Gasteiger partial charge in [0.1, 0.15) is 10.3 Å². The molecule has 4 rings (SSSR count). The molecule has 0 spiro atoms. The first-order valence-corrected chi connectivity index (χ1v) is 10.8. The van der Waals surface area contributed by atoms with Crippen molar-refractivity contribution in [2.75, 3.05) is 12.8 Å². The zero-order valence-electron chi connectivity index (χ0n) is 14.6. The van der Waals surface area contributed by atoms with Crippen LogP contribution in [0.2, 0.25) is 10.3 Å². The summed E-state index contributed by atoms with van der Waals surface area (Å²) >= 11 is 14.0. The number of nitrogens with one attached hydrogen (secondary N) is 1. The van der Waals surface area contributed by atoms with Gasteiger partial charge in [-0.05, 0) is 61.9 Å². The molecule has 1 atom stereocenters. The van der Waals surface area contributed by atoms with Crippen LogP contribution in [0.5, 0.6) is 0 Å². The van der Waals surface area contributed by atoms with Gasteiger partial charge in [-0.3, -0.25) is 4.90 Å². The highest BCUT2D eigenvalue weighted by atomic mass is 35.5. The monoisotopic (exact) mass is 405 g/mol. The molecule has 1 aliphatic heterocycles. The fourth-order valence-electron chi connectivity index (χ4n) is 3.82. The number of aromatic nitrogens is 2. The quantitative estimate of drug-likeness (QED) is 0.429. The highest BCUT2D eigenvalue weighted by Gasteiger charge is 2.26. The molecule has 3 nitrogen and oxygen atoms in total. The predicted molar refractivity (Wildman–Crippen MR) is 111 cm³/mol. The second-order valence-electron chi connectivity index (χ2n) is 6.78. The molecule has 1 aromatic carbocycles. The lowest BCUT2D eigenvalue weighted by molar-refractivity contribution is 0.244. The Morgan fingerprint density at radius 3 is 2.92 bits per heavy atom. The molecule has 3 aromatic rings. The van der Waals surface area contributed by atoms with Crippen molar-refractivity contribution in [2.24, 2.45) is 0 Å². The number of hydrogen-bond acceptors (Lipinski definition) is 3. The van der Waals surface area contributed by atoms with Crippen LogP contribution in [0.3, 0.4) is 0 Å². The summed E-state index contributed by atoms with van der Waals surface area (Å²) in [4.78, 5) is 11.4. The van der Waals surface area contributed by atoms with Gasteiger partial charge in [-0.2, -0.15) is 0 Å². The Labute approximate surface area is 168 Å². The number of halogens is 2. The van der Waals surface area contributed by atoms with E-state index in [2.05, 4.69) is 45.5 Å². The third-order valence-corrected chi connectivity index (χ3v) is 6.46. The maximum atomic E-state index is 6.28. The smallest absolute Gasteiger partial charge is 0.135 e. The number of pyridine rings is 1. The van der Waals surface area contributed by atoms with E-state index in [1.807, 2.05) is 12.1 Å². The zero-order chi connectivity index (χ0) is 18.1. The molecule has 0 aliphatic carbocycles. The minimum absolute atomic E-state index is 0.445. The van der Waals surface area contributed by atoms with Crippen molar-refractivity contribution in [2.45, 2.75) is 36.7 Å². The van der Waals surface area contributed by atoms with Crippen molar-refractivity contribution in [3.05, 3.63) is 58.0 Å². The summed E-state index contributed by atoms with van der Waals surface area (Å²) in [5.41, 5.74) is 3.66. The second kappa shape index (κ2) is 7.81. The van der Waals surface area contributed by atoms with E-state index >= 15 is 0 Å². The average Bonchev–Trinajstić information content (AvgIpc) is 3.24. The minimum Gasteiger partial charge on any atom is -0.361 e. The van der Waals surface area contributed by atoms with E-state index in [1.165, 1.54) is 34.2 Å². The summed E-state index contributed by atoms with van der Waals surface area (Å²) < 4.78 is 0. The van der Waals surface area contributed by atoms with Crippen molar-refractivity contribution >= 4 is 45.9 Å². The van der Waals surface area contributed by atoms with Gasteiger partial charge in [0.15, 0.2) is 0 Å². The van der Waals surface area contributed by atoms with Gasteiger partial charge < -0.3 is 4.98 Å². The van der Waals surface area contributed by atoms with Gasteiger partial charge in [-0.15, -0.1) is 11.8 Å². The van der Waals surface area contributed by atoms with E-state index in [0.29, 0.717) is 16.3 Å². The van der Waals surface area contributed by atoms with Gasteiger partial charge in [0.25, 0.3) is 0 Å². The normalized spacial score (nSPS) is 18.0. The number of benzene rings is 1. The van der Waals surface area contributed by atoms with Crippen molar-refractivity contribution < 1.29 is 0 Å². The minimum atomic E-state index is 0.445. The Morgan fingerprint density at radius 2 is 2.12 bits per heavy atom. The Balaban J connectivity index is 1.54. The van der Waals surface area contributed by atoms with Crippen LogP contribution in [0, 0.1) is 0 Å². The van der Waals surface area contributed by atoms with Crippen LogP contribution in [0.15, 0.2) is 41.4 Å². The van der Waals surface area contributed by atoms with Crippen LogP contribution in [0.1, 0.15) is 24.0 Å². The number of aromatic amines is 1. The molecule has 0 radical (unpaired) electrons. The molecule has 1 aliphatic rings. The van der Waals surface area contributed by atoms with Crippen LogP contribution in [-0.4, -0.2) is 33.7 Å². The third kappa shape index (κ3) is 3.74. The van der Waals surface area contributed by atoms with Crippen LogP contribution >= 0.6 is 35.0 Å². The molecule has 26 heavy (non-hydrogen) atoms. The molecule has 1 N–H and O–H groups in total. The maximum absolute atomic E-state index is 6.28. The summed E-state index contributed by atoms with van der Waals surface area (Å²) in [7, 11) is 0. The molecule has 6 heteroatoms. The van der Waals surface area contributed by atoms with Crippen molar-refractivity contribution in [3.63, 3.8) is 0 Å². The van der Waals surface area contributed by atoms with Gasteiger partial charge >= 0.3 is 0 Å². The molecular formula is C20H21Cl2N3S. The topological polar surface area (TPSA) is 31.9 Å². The first-order chi connectivity index (χ1) is 12.6. The summed E-state index contributed by atoms with van der Waals surface area (Å²) in [5.74, 6) is 0. The van der Waals surface area contributed by atoms with Gasteiger partial charge in [-0.25, -0.2) is 4.98 Å². The molecule has 2 aromatic heterocycles. The standard InChI is InChI=1S/C20H21Cl2N3S/c1-26-16-5-6-18-17(10-16)14(11-23-18)9-15-3-2-8-25(15)12-13-4-7-19(21)24-20(13)22/h4-7,10-11,15,23H,2-3,8-9,12H2,1H3/t15-/m1/s1. The zero-order valence-corrected chi connectivity index (χ0v) is 17.0. The van der Waals surface area contributed by atoms with E-state index < -0.39 is 0 Å². The van der Waals surface area contributed by atoms with Crippen molar-refractivity contribution in [1.82, 2.24) is 14.9 Å². The molecule has 0 saturated carbocycles. The van der Waals surface area contributed by atoms with E-state index in [0.717, 1.165) is 25.1 Å². The molecule has 3 heterocycles. The number of H-pyrrole nitrogens is 1. The SMILES string of the molecule is CSc1ccc2[nH]cc(C[C@H]3CCCN3Cc3ccc(Cl)nc3Cl)c2c1. The summed E-state index contributed by atoms with van der Waals surface area (Å²) in [6.45, 7) is 1.92. The van der Waals surface area contributed by atoms with E-state index in [4.69, 9.17) is 23.2 Å².